The van der Waals surface area contributed by atoms with Crippen LogP contribution in [0.2, 0.25) is 0 Å². The minimum Gasteiger partial charge on any atom is -0.341 e. The lowest BCUT2D eigenvalue weighted by atomic mass is 10.3. The molecule has 1 heterocycles. The van der Waals surface area contributed by atoms with Crippen molar-refractivity contribution in [1.82, 2.24) is 9.97 Å². The maximum absolute atomic E-state index is 13.0. The maximum Gasteiger partial charge on any atom is 0.186 e. The molecule has 0 aliphatic heterocycles. The number of aromatic amines is 1. The number of rotatable bonds is 1. The molecular weight excluding hydrogens is 247 g/mol. The third-order valence-electron chi connectivity index (χ3n) is 1.79. The Kier molecular flexibility index (Phi) is 4.93. The number of nitrogens with two attached hydrogens (primary N) is 1. The van der Waals surface area contributed by atoms with Crippen LogP contribution in [0, 0.1) is 11.6 Å². The fraction of sp³-hybridized carbons (Fsp3) is 0.125. The van der Waals surface area contributed by atoms with Crippen LogP contribution in [0.3, 0.4) is 0 Å². The van der Waals surface area contributed by atoms with Crippen molar-refractivity contribution in [1.29, 1.82) is 0 Å². The number of hydrogen-bond acceptors (Lipinski definition) is 2. The van der Waals surface area contributed by atoms with Crippen molar-refractivity contribution in [2.45, 2.75) is 6.54 Å². The second-order valence-electron chi connectivity index (χ2n) is 2.65. The monoisotopic (exact) mass is 255 g/mol. The molecule has 0 spiro atoms. The highest BCUT2D eigenvalue weighted by Gasteiger charge is 2.10. The summed E-state index contributed by atoms with van der Waals surface area (Å²) in [5.41, 5.74) is 5.75. The number of imidazole rings is 1. The first-order valence-corrected chi connectivity index (χ1v) is 3.75. The lowest BCUT2D eigenvalue weighted by Gasteiger charge is -1.91. The van der Waals surface area contributed by atoms with Gasteiger partial charge in [-0.2, -0.15) is 0 Å². The molecule has 1 aromatic heterocycles. The van der Waals surface area contributed by atoms with Gasteiger partial charge in [0.25, 0.3) is 0 Å². The Morgan fingerprint density at radius 2 is 1.93 bits per heavy atom. The van der Waals surface area contributed by atoms with Crippen LogP contribution in [-0.4, -0.2) is 9.97 Å². The average Bonchev–Trinajstić information content (AvgIpc) is 2.55. The van der Waals surface area contributed by atoms with Gasteiger partial charge in [0.1, 0.15) is 11.3 Å². The molecule has 0 aliphatic carbocycles. The van der Waals surface area contributed by atoms with Crippen LogP contribution in [0.1, 0.15) is 5.82 Å². The normalized spacial score (nSPS) is 9.53. The van der Waals surface area contributed by atoms with Crippen LogP contribution >= 0.6 is 24.8 Å². The van der Waals surface area contributed by atoms with Gasteiger partial charge in [-0.25, -0.2) is 13.8 Å². The standard InChI is InChI=1S/C8H7F2N3.2ClH/c9-4-1-2-5-8(7(4)10)13-6(3-11)12-5;;/h1-2H,3,11H2,(H,12,13);2*1H. The number of nitrogens with zero attached hydrogens (tertiary/aromatic N) is 1. The van der Waals surface area contributed by atoms with Gasteiger partial charge < -0.3 is 10.7 Å². The summed E-state index contributed by atoms with van der Waals surface area (Å²) < 4.78 is 25.8. The molecule has 0 unspecified atom stereocenters. The van der Waals surface area contributed by atoms with Crippen molar-refractivity contribution in [2.24, 2.45) is 5.73 Å². The number of benzene rings is 1. The van der Waals surface area contributed by atoms with Crippen molar-refractivity contribution in [3.8, 4) is 0 Å². The molecule has 15 heavy (non-hydrogen) atoms. The Hall–Kier alpha value is -0.910. The molecule has 84 valence electrons. The zero-order valence-corrected chi connectivity index (χ0v) is 9.09. The van der Waals surface area contributed by atoms with Crippen molar-refractivity contribution < 1.29 is 8.78 Å². The Bertz CT molecular complexity index is 458. The minimum absolute atomic E-state index is 0. The molecule has 0 aliphatic rings. The molecule has 1 aromatic carbocycles. The predicted octanol–water partition coefficient (Wildman–Crippen LogP) is 2.14. The summed E-state index contributed by atoms with van der Waals surface area (Å²) >= 11 is 0. The third kappa shape index (κ3) is 2.37. The van der Waals surface area contributed by atoms with E-state index >= 15 is 0 Å². The Morgan fingerprint density at radius 3 is 2.53 bits per heavy atom. The van der Waals surface area contributed by atoms with Crippen LogP contribution in [0.25, 0.3) is 11.0 Å². The minimum atomic E-state index is -0.937. The first-order chi connectivity index (χ1) is 6.22. The van der Waals surface area contributed by atoms with Gasteiger partial charge in [0, 0.05) is 0 Å². The second-order valence-corrected chi connectivity index (χ2v) is 2.65. The average molecular weight is 256 g/mol. The summed E-state index contributed by atoms with van der Waals surface area (Å²) in [5, 5.41) is 0. The zero-order valence-electron chi connectivity index (χ0n) is 7.46. The highest BCUT2D eigenvalue weighted by atomic mass is 35.5. The van der Waals surface area contributed by atoms with Crippen LogP contribution in [-0.2, 0) is 6.54 Å². The second kappa shape index (κ2) is 5.25. The summed E-state index contributed by atoms with van der Waals surface area (Å²) in [6, 6.07) is 2.48. The van der Waals surface area contributed by atoms with Gasteiger partial charge in [0.2, 0.25) is 0 Å². The van der Waals surface area contributed by atoms with Gasteiger partial charge >= 0.3 is 0 Å². The lowest BCUT2D eigenvalue weighted by molar-refractivity contribution is 0.515. The predicted molar refractivity (Wildman–Crippen MR) is 58.4 cm³/mol. The topological polar surface area (TPSA) is 54.7 Å². The molecule has 2 aromatic rings. The van der Waals surface area contributed by atoms with Gasteiger partial charge in [0.05, 0.1) is 12.1 Å². The van der Waals surface area contributed by atoms with Gasteiger partial charge in [-0.05, 0) is 12.1 Å². The van der Waals surface area contributed by atoms with E-state index in [0.717, 1.165) is 6.07 Å². The molecule has 0 amide bonds. The Morgan fingerprint density at radius 1 is 1.27 bits per heavy atom. The van der Waals surface area contributed by atoms with Crippen molar-refractivity contribution in [2.75, 3.05) is 0 Å². The zero-order chi connectivity index (χ0) is 9.42. The van der Waals surface area contributed by atoms with E-state index in [2.05, 4.69) is 9.97 Å². The molecule has 0 radical (unpaired) electrons. The van der Waals surface area contributed by atoms with Gasteiger partial charge in [-0.15, -0.1) is 24.8 Å². The van der Waals surface area contributed by atoms with E-state index in [-0.39, 0.29) is 36.9 Å². The lowest BCUT2D eigenvalue weighted by Crippen LogP contribution is -1.97. The summed E-state index contributed by atoms with van der Waals surface area (Å²) in [6.07, 6.45) is 0. The SMILES string of the molecule is Cl.Cl.NCc1nc2c(F)c(F)ccc2[nH]1. The van der Waals surface area contributed by atoms with E-state index < -0.39 is 11.6 Å². The molecule has 0 atom stereocenters. The van der Waals surface area contributed by atoms with Crippen LogP contribution in [0.5, 0.6) is 0 Å². The molecule has 3 nitrogen and oxygen atoms in total. The Labute approximate surface area is 96.9 Å². The summed E-state index contributed by atoms with van der Waals surface area (Å²) in [6.45, 7) is 0.176. The number of aromatic nitrogens is 2. The van der Waals surface area contributed by atoms with Crippen molar-refractivity contribution in [3.05, 3.63) is 29.6 Å². The van der Waals surface area contributed by atoms with Crippen LogP contribution < -0.4 is 5.73 Å². The summed E-state index contributed by atoms with van der Waals surface area (Å²) in [7, 11) is 0. The fourth-order valence-corrected chi connectivity index (χ4v) is 1.17. The van der Waals surface area contributed by atoms with Crippen molar-refractivity contribution >= 4 is 35.8 Å². The van der Waals surface area contributed by atoms with E-state index in [1.807, 2.05) is 0 Å². The van der Waals surface area contributed by atoms with E-state index in [1.165, 1.54) is 6.07 Å². The van der Waals surface area contributed by atoms with E-state index in [0.29, 0.717) is 11.3 Å². The molecule has 7 heteroatoms. The third-order valence-corrected chi connectivity index (χ3v) is 1.79. The van der Waals surface area contributed by atoms with E-state index in [1.54, 1.807) is 0 Å². The van der Waals surface area contributed by atoms with Crippen LogP contribution in [0.4, 0.5) is 8.78 Å². The summed E-state index contributed by atoms with van der Waals surface area (Å²) in [4.78, 5) is 6.57. The maximum atomic E-state index is 13.0. The highest BCUT2D eigenvalue weighted by Crippen LogP contribution is 2.17. The van der Waals surface area contributed by atoms with E-state index in [4.69, 9.17) is 5.73 Å². The molecule has 0 saturated heterocycles. The number of fused-ring (bicyclic) bond motifs is 1. The first kappa shape index (κ1) is 14.1. The molecule has 2 rings (SSSR count). The smallest absolute Gasteiger partial charge is 0.186 e. The number of halogens is 4. The highest BCUT2D eigenvalue weighted by molar-refractivity contribution is 5.85. The van der Waals surface area contributed by atoms with Crippen molar-refractivity contribution in [3.63, 3.8) is 0 Å². The largest absolute Gasteiger partial charge is 0.341 e. The Balaban J connectivity index is 0.000000980. The van der Waals surface area contributed by atoms with Gasteiger partial charge in [-0.1, -0.05) is 0 Å². The van der Waals surface area contributed by atoms with Gasteiger partial charge in [-0.3, -0.25) is 0 Å². The van der Waals surface area contributed by atoms with E-state index in [9.17, 15) is 8.78 Å². The first-order valence-electron chi connectivity index (χ1n) is 3.75. The number of H-pyrrole nitrogens is 1. The molecule has 0 fully saturated rings. The van der Waals surface area contributed by atoms with Crippen LogP contribution in [0.15, 0.2) is 12.1 Å². The van der Waals surface area contributed by atoms with Gasteiger partial charge in [0.15, 0.2) is 11.6 Å². The molecule has 3 N–H and O–H groups in total. The fourth-order valence-electron chi connectivity index (χ4n) is 1.17. The number of hydrogen-bond donors (Lipinski definition) is 2. The molecule has 0 bridgehead atoms. The molecular formula is C8H9Cl2F2N3. The summed E-state index contributed by atoms with van der Waals surface area (Å²) in [5.74, 6) is -1.39. The molecule has 0 saturated carbocycles. The number of nitrogens with one attached hydrogen (secondary N) is 1. The quantitative estimate of drug-likeness (QED) is 0.821.